The average Bonchev–Trinajstić information content (AvgIpc) is 3.20. The van der Waals surface area contributed by atoms with E-state index in [1.807, 2.05) is 36.6 Å². The van der Waals surface area contributed by atoms with Crippen molar-refractivity contribution in [1.29, 1.82) is 0 Å². The van der Waals surface area contributed by atoms with Crippen LogP contribution in [0.3, 0.4) is 0 Å². The number of nitrogens with one attached hydrogen (secondary N) is 1. The van der Waals surface area contributed by atoms with Crippen molar-refractivity contribution >= 4 is 22.4 Å². The second-order valence-corrected chi connectivity index (χ2v) is 6.52. The van der Waals surface area contributed by atoms with Crippen LogP contribution in [0.2, 0.25) is 0 Å². The molecule has 0 aliphatic carbocycles. The molecule has 1 aromatic carbocycles. The molecule has 3 rings (SSSR count). The van der Waals surface area contributed by atoms with Crippen molar-refractivity contribution in [3.63, 3.8) is 0 Å². The van der Waals surface area contributed by atoms with E-state index < -0.39 is 0 Å². The average molecular weight is 356 g/mol. The second-order valence-electron chi connectivity index (χ2n) is 5.66. The van der Waals surface area contributed by atoms with E-state index in [2.05, 4.69) is 22.3 Å². The number of aryl methyl sites for hydroxylation is 2. The number of hydrogen-bond acceptors (Lipinski definition) is 5. The highest BCUT2D eigenvalue weighted by Gasteiger charge is 2.16. The zero-order chi connectivity index (χ0) is 17.8. The minimum atomic E-state index is -0.207. The predicted molar refractivity (Wildman–Crippen MR) is 99.2 cm³/mol. The lowest BCUT2D eigenvalue weighted by molar-refractivity contribution is 0.101. The van der Waals surface area contributed by atoms with Crippen LogP contribution in [0.1, 0.15) is 29.4 Å². The summed E-state index contributed by atoms with van der Waals surface area (Å²) in [5.74, 6) is 0.641. The summed E-state index contributed by atoms with van der Waals surface area (Å²) in [6.45, 7) is 4.64. The minimum Gasteiger partial charge on any atom is -0.494 e. The van der Waals surface area contributed by atoms with E-state index in [0.29, 0.717) is 17.4 Å². The standard InChI is InChI=1S/C18H20N4O2S/c1-4-9-24-14-7-5-13(6-8-14)15-11-25-18(20-15)21-17(23)16-12(2)10-19-22(16)3/h5-8,10-11H,4,9H2,1-3H3,(H,20,21,23). The molecule has 1 N–H and O–H groups in total. The summed E-state index contributed by atoms with van der Waals surface area (Å²) in [5, 5.41) is 9.41. The van der Waals surface area contributed by atoms with Crippen molar-refractivity contribution in [2.75, 3.05) is 11.9 Å². The molecule has 0 bridgehead atoms. The quantitative estimate of drug-likeness (QED) is 0.727. The highest BCUT2D eigenvalue weighted by molar-refractivity contribution is 7.14. The maximum Gasteiger partial charge on any atom is 0.275 e. The Hall–Kier alpha value is -2.67. The maximum atomic E-state index is 12.4. The lowest BCUT2D eigenvalue weighted by atomic mass is 10.2. The molecule has 130 valence electrons. The van der Waals surface area contributed by atoms with Crippen LogP contribution in [-0.4, -0.2) is 27.3 Å². The van der Waals surface area contributed by atoms with Gasteiger partial charge in [-0.1, -0.05) is 6.92 Å². The molecule has 0 aliphatic rings. The molecule has 2 aromatic heterocycles. The number of ether oxygens (including phenoxy) is 1. The van der Waals surface area contributed by atoms with Crippen LogP contribution >= 0.6 is 11.3 Å². The van der Waals surface area contributed by atoms with E-state index in [0.717, 1.165) is 29.0 Å². The fourth-order valence-electron chi connectivity index (χ4n) is 2.44. The monoisotopic (exact) mass is 356 g/mol. The molecular weight excluding hydrogens is 336 g/mol. The molecule has 0 spiro atoms. The SMILES string of the molecule is CCCOc1ccc(-c2csc(NC(=O)c3c(C)cnn3C)n2)cc1. The van der Waals surface area contributed by atoms with Crippen LogP contribution in [0.15, 0.2) is 35.8 Å². The van der Waals surface area contributed by atoms with Crippen molar-refractivity contribution in [2.24, 2.45) is 7.05 Å². The molecule has 2 heterocycles. The number of amides is 1. The molecule has 0 unspecified atom stereocenters. The van der Waals surface area contributed by atoms with Crippen molar-refractivity contribution in [1.82, 2.24) is 14.8 Å². The van der Waals surface area contributed by atoms with Crippen molar-refractivity contribution < 1.29 is 9.53 Å². The summed E-state index contributed by atoms with van der Waals surface area (Å²) >= 11 is 1.40. The van der Waals surface area contributed by atoms with Gasteiger partial charge < -0.3 is 4.74 Å². The van der Waals surface area contributed by atoms with Crippen LogP contribution in [-0.2, 0) is 7.05 Å². The first-order valence-electron chi connectivity index (χ1n) is 8.07. The highest BCUT2D eigenvalue weighted by atomic mass is 32.1. The molecule has 6 nitrogen and oxygen atoms in total. The fourth-order valence-corrected chi connectivity index (χ4v) is 3.15. The van der Waals surface area contributed by atoms with E-state index in [1.54, 1.807) is 17.9 Å². The first-order chi connectivity index (χ1) is 12.1. The smallest absolute Gasteiger partial charge is 0.275 e. The molecule has 0 fully saturated rings. The van der Waals surface area contributed by atoms with E-state index in [1.165, 1.54) is 11.3 Å². The van der Waals surface area contributed by atoms with Gasteiger partial charge >= 0.3 is 0 Å². The van der Waals surface area contributed by atoms with Gasteiger partial charge in [-0.15, -0.1) is 11.3 Å². The first-order valence-corrected chi connectivity index (χ1v) is 8.95. The maximum absolute atomic E-state index is 12.4. The van der Waals surface area contributed by atoms with Gasteiger partial charge in [0, 0.05) is 18.0 Å². The third kappa shape index (κ3) is 3.88. The Morgan fingerprint density at radius 2 is 2.08 bits per heavy atom. The molecule has 25 heavy (non-hydrogen) atoms. The number of carbonyl (C=O) groups is 1. The van der Waals surface area contributed by atoms with E-state index >= 15 is 0 Å². The zero-order valence-corrected chi connectivity index (χ0v) is 15.3. The van der Waals surface area contributed by atoms with Gasteiger partial charge in [0.1, 0.15) is 11.4 Å². The minimum absolute atomic E-state index is 0.207. The normalized spacial score (nSPS) is 10.7. The third-order valence-electron chi connectivity index (χ3n) is 3.68. The number of aromatic nitrogens is 3. The van der Waals surface area contributed by atoms with Gasteiger partial charge in [-0.05, 0) is 43.2 Å². The Bertz CT molecular complexity index is 848. The number of carbonyl (C=O) groups excluding carboxylic acids is 1. The Kier molecular flexibility index (Phi) is 5.14. The second kappa shape index (κ2) is 7.48. The van der Waals surface area contributed by atoms with Crippen molar-refractivity contribution in [3.8, 4) is 17.0 Å². The van der Waals surface area contributed by atoms with Gasteiger partial charge in [0.25, 0.3) is 5.91 Å². The number of thiazole rings is 1. The Labute approximate surface area is 150 Å². The molecule has 0 saturated carbocycles. The summed E-state index contributed by atoms with van der Waals surface area (Å²) in [6, 6.07) is 7.80. The van der Waals surface area contributed by atoms with E-state index in [9.17, 15) is 4.79 Å². The summed E-state index contributed by atoms with van der Waals surface area (Å²) in [4.78, 5) is 16.9. The van der Waals surface area contributed by atoms with Crippen LogP contribution < -0.4 is 10.1 Å². The summed E-state index contributed by atoms with van der Waals surface area (Å²) in [5.41, 5.74) is 3.18. The summed E-state index contributed by atoms with van der Waals surface area (Å²) in [7, 11) is 1.75. The van der Waals surface area contributed by atoms with Gasteiger partial charge in [0.15, 0.2) is 5.13 Å². The fraction of sp³-hybridized carbons (Fsp3) is 0.278. The highest BCUT2D eigenvalue weighted by Crippen LogP contribution is 2.27. The topological polar surface area (TPSA) is 69.0 Å². The summed E-state index contributed by atoms with van der Waals surface area (Å²) in [6.07, 6.45) is 2.65. The largest absolute Gasteiger partial charge is 0.494 e. The lowest BCUT2D eigenvalue weighted by Gasteiger charge is -2.05. The lowest BCUT2D eigenvalue weighted by Crippen LogP contribution is -2.17. The number of benzene rings is 1. The molecule has 1 amide bonds. The van der Waals surface area contributed by atoms with Crippen LogP contribution in [0.5, 0.6) is 5.75 Å². The van der Waals surface area contributed by atoms with E-state index in [-0.39, 0.29) is 5.91 Å². The first kappa shape index (κ1) is 17.2. The number of rotatable bonds is 6. The van der Waals surface area contributed by atoms with Gasteiger partial charge in [-0.3, -0.25) is 14.8 Å². The Morgan fingerprint density at radius 1 is 1.32 bits per heavy atom. The number of hydrogen-bond donors (Lipinski definition) is 1. The third-order valence-corrected chi connectivity index (χ3v) is 4.44. The molecule has 3 aromatic rings. The molecular formula is C18H20N4O2S. The molecule has 0 radical (unpaired) electrons. The van der Waals surface area contributed by atoms with Crippen LogP contribution in [0.25, 0.3) is 11.3 Å². The predicted octanol–water partition coefficient (Wildman–Crippen LogP) is 3.89. The van der Waals surface area contributed by atoms with E-state index in [4.69, 9.17) is 4.74 Å². The van der Waals surface area contributed by atoms with Crippen molar-refractivity contribution in [3.05, 3.63) is 47.1 Å². The van der Waals surface area contributed by atoms with Crippen LogP contribution in [0.4, 0.5) is 5.13 Å². The molecule has 7 heteroatoms. The Balaban J connectivity index is 1.71. The van der Waals surface area contributed by atoms with Gasteiger partial charge in [-0.25, -0.2) is 4.98 Å². The molecule has 0 aliphatic heterocycles. The van der Waals surface area contributed by atoms with Gasteiger partial charge in [0.2, 0.25) is 0 Å². The number of nitrogens with zero attached hydrogens (tertiary/aromatic N) is 3. The van der Waals surface area contributed by atoms with Gasteiger partial charge in [-0.2, -0.15) is 5.10 Å². The zero-order valence-electron chi connectivity index (χ0n) is 14.4. The molecule has 0 atom stereocenters. The van der Waals surface area contributed by atoms with Crippen molar-refractivity contribution in [2.45, 2.75) is 20.3 Å². The van der Waals surface area contributed by atoms with Gasteiger partial charge in [0.05, 0.1) is 18.5 Å². The summed E-state index contributed by atoms with van der Waals surface area (Å²) < 4.78 is 7.15. The van der Waals surface area contributed by atoms with Crippen LogP contribution in [0, 0.1) is 6.92 Å². The Morgan fingerprint density at radius 3 is 2.72 bits per heavy atom. The molecule has 0 saturated heterocycles. The number of anilines is 1.